The van der Waals surface area contributed by atoms with Crippen molar-refractivity contribution in [3.8, 4) is 0 Å². The van der Waals surface area contributed by atoms with Crippen LogP contribution in [0, 0.1) is 10.1 Å². The van der Waals surface area contributed by atoms with Gasteiger partial charge in [0.2, 0.25) is 5.91 Å². The first-order valence-corrected chi connectivity index (χ1v) is 7.41. The number of methoxy groups -OCH3 is 1. The number of hydrogen-bond donors (Lipinski definition) is 1. The molecule has 0 bridgehead atoms. The lowest BCUT2D eigenvalue weighted by atomic mass is 10.1. The van der Waals surface area contributed by atoms with E-state index in [1.807, 2.05) is 4.90 Å². The molecule has 0 spiro atoms. The molecule has 0 saturated carbocycles. The molecule has 1 fully saturated rings. The number of hydrogen-bond acceptors (Lipinski definition) is 6. The topological polar surface area (TPSA) is 102 Å². The first-order valence-electron chi connectivity index (χ1n) is 7.41. The van der Waals surface area contributed by atoms with E-state index in [-0.39, 0.29) is 17.2 Å². The number of carbonyl (C=O) groups is 2. The number of rotatable bonds is 6. The second-order valence-corrected chi connectivity index (χ2v) is 5.25. The van der Waals surface area contributed by atoms with E-state index in [1.165, 1.54) is 25.3 Å². The van der Waals surface area contributed by atoms with Crippen LogP contribution >= 0.6 is 0 Å². The third-order valence-electron chi connectivity index (χ3n) is 3.73. The van der Waals surface area contributed by atoms with Gasteiger partial charge in [0, 0.05) is 37.8 Å². The van der Waals surface area contributed by atoms with E-state index in [9.17, 15) is 19.7 Å². The van der Waals surface area contributed by atoms with Crippen molar-refractivity contribution in [1.29, 1.82) is 0 Å². The summed E-state index contributed by atoms with van der Waals surface area (Å²) in [7, 11) is 1.17. The van der Waals surface area contributed by atoms with Crippen molar-refractivity contribution in [1.82, 2.24) is 4.90 Å². The Balaban J connectivity index is 1.98. The highest BCUT2D eigenvalue weighted by Crippen LogP contribution is 2.23. The van der Waals surface area contributed by atoms with Crippen LogP contribution in [0.2, 0.25) is 0 Å². The van der Waals surface area contributed by atoms with Crippen LogP contribution < -0.4 is 5.32 Å². The van der Waals surface area contributed by atoms with E-state index in [0.717, 1.165) is 25.9 Å². The number of anilines is 1. The largest absolute Gasteiger partial charge is 0.465 e. The summed E-state index contributed by atoms with van der Waals surface area (Å²) >= 11 is 0. The lowest BCUT2D eigenvalue weighted by Crippen LogP contribution is -2.29. The van der Waals surface area contributed by atoms with Gasteiger partial charge >= 0.3 is 5.97 Å². The molecule has 1 aromatic rings. The highest BCUT2D eigenvalue weighted by Gasteiger charge is 2.21. The molecule has 0 aromatic heterocycles. The summed E-state index contributed by atoms with van der Waals surface area (Å²) in [5.74, 6) is -0.682. The summed E-state index contributed by atoms with van der Waals surface area (Å²) in [5, 5.41) is 13.9. The second kappa shape index (κ2) is 7.57. The molecule has 1 aromatic carbocycles. The molecule has 0 radical (unpaired) electrons. The Morgan fingerprint density at radius 3 is 2.65 bits per heavy atom. The highest BCUT2D eigenvalue weighted by atomic mass is 16.6. The third-order valence-corrected chi connectivity index (χ3v) is 3.73. The van der Waals surface area contributed by atoms with E-state index in [4.69, 9.17) is 0 Å². The van der Waals surface area contributed by atoms with Gasteiger partial charge in [-0.05, 0) is 25.0 Å². The summed E-state index contributed by atoms with van der Waals surface area (Å²) < 4.78 is 4.56. The monoisotopic (exact) mass is 321 g/mol. The Labute approximate surface area is 133 Å². The van der Waals surface area contributed by atoms with Crippen LogP contribution in [0.25, 0.3) is 0 Å². The number of amides is 1. The number of likely N-dealkylation sites (tertiary alicyclic amines) is 1. The number of carbonyl (C=O) groups excluding carboxylic acids is 2. The van der Waals surface area contributed by atoms with E-state index in [1.54, 1.807) is 0 Å². The van der Waals surface area contributed by atoms with Gasteiger partial charge in [0.05, 0.1) is 12.0 Å². The summed E-state index contributed by atoms with van der Waals surface area (Å²) in [4.78, 5) is 35.7. The average molecular weight is 321 g/mol. The van der Waals surface area contributed by atoms with Crippen LogP contribution in [0.4, 0.5) is 11.4 Å². The standard InChI is InChI=1S/C15H19N3O5/c1-23-15(20)12-10-11(4-5-13(12)18(21)22)16-7-6-14(19)17-8-2-3-9-17/h4-5,10,16H,2-3,6-9H2,1H3. The van der Waals surface area contributed by atoms with Crippen molar-refractivity contribution in [2.75, 3.05) is 32.1 Å². The molecule has 0 atom stereocenters. The predicted molar refractivity (Wildman–Crippen MR) is 83.4 cm³/mol. The molecule has 124 valence electrons. The Bertz CT molecular complexity index is 611. The van der Waals surface area contributed by atoms with Gasteiger partial charge < -0.3 is 15.0 Å². The minimum Gasteiger partial charge on any atom is -0.465 e. The molecule has 1 aliphatic heterocycles. The molecule has 1 amide bonds. The lowest BCUT2D eigenvalue weighted by Gasteiger charge is -2.15. The zero-order valence-corrected chi connectivity index (χ0v) is 12.9. The summed E-state index contributed by atoms with van der Waals surface area (Å²) in [5.41, 5.74) is 0.106. The summed E-state index contributed by atoms with van der Waals surface area (Å²) in [6, 6.07) is 4.12. The number of nitro groups is 1. The maximum absolute atomic E-state index is 11.9. The van der Waals surface area contributed by atoms with E-state index >= 15 is 0 Å². The van der Waals surface area contributed by atoms with Crippen LogP contribution in [-0.2, 0) is 9.53 Å². The fourth-order valence-electron chi connectivity index (χ4n) is 2.52. The number of nitrogens with zero attached hydrogens (tertiary/aromatic N) is 2. The molecule has 1 N–H and O–H groups in total. The predicted octanol–water partition coefficient (Wildman–Crippen LogP) is 1.81. The molecule has 1 heterocycles. The number of benzene rings is 1. The van der Waals surface area contributed by atoms with Crippen LogP contribution in [0.5, 0.6) is 0 Å². The van der Waals surface area contributed by atoms with Gasteiger partial charge in [-0.2, -0.15) is 0 Å². The number of nitrogens with one attached hydrogen (secondary N) is 1. The van der Waals surface area contributed by atoms with Gasteiger partial charge in [0.25, 0.3) is 5.69 Å². The highest BCUT2D eigenvalue weighted by molar-refractivity contribution is 5.95. The van der Waals surface area contributed by atoms with Crippen LogP contribution in [0.3, 0.4) is 0 Å². The minimum atomic E-state index is -0.770. The second-order valence-electron chi connectivity index (χ2n) is 5.25. The zero-order valence-electron chi connectivity index (χ0n) is 12.9. The molecule has 1 aliphatic rings. The fourth-order valence-corrected chi connectivity index (χ4v) is 2.52. The zero-order chi connectivity index (χ0) is 16.8. The number of nitro benzene ring substituents is 1. The molecule has 2 rings (SSSR count). The van der Waals surface area contributed by atoms with Crippen LogP contribution in [0.15, 0.2) is 18.2 Å². The molecule has 8 nitrogen and oxygen atoms in total. The van der Waals surface area contributed by atoms with E-state index in [0.29, 0.717) is 18.7 Å². The normalized spacial score (nSPS) is 13.7. The third kappa shape index (κ3) is 4.18. The van der Waals surface area contributed by atoms with Crippen LogP contribution in [0.1, 0.15) is 29.6 Å². The molecular weight excluding hydrogens is 302 g/mol. The van der Waals surface area contributed by atoms with Crippen molar-refractivity contribution in [3.63, 3.8) is 0 Å². The maximum Gasteiger partial charge on any atom is 0.344 e. The van der Waals surface area contributed by atoms with Crippen LogP contribution in [-0.4, -0.2) is 48.4 Å². The summed E-state index contributed by atoms with van der Waals surface area (Å²) in [6.07, 6.45) is 2.43. The Hall–Kier alpha value is -2.64. The molecule has 0 unspecified atom stereocenters. The summed E-state index contributed by atoms with van der Waals surface area (Å²) in [6.45, 7) is 2.01. The van der Waals surface area contributed by atoms with Crippen molar-refractivity contribution >= 4 is 23.3 Å². The Kier molecular flexibility index (Phi) is 5.51. The Morgan fingerprint density at radius 2 is 2.04 bits per heavy atom. The van der Waals surface area contributed by atoms with E-state index < -0.39 is 10.9 Å². The van der Waals surface area contributed by atoms with Crippen molar-refractivity contribution < 1.29 is 19.2 Å². The average Bonchev–Trinajstić information content (AvgIpc) is 3.08. The fraction of sp³-hybridized carbons (Fsp3) is 0.467. The maximum atomic E-state index is 11.9. The first kappa shape index (κ1) is 16.7. The van der Waals surface area contributed by atoms with Crippen molar-refractivity contribution in [2.24, 2.45) is 0 Å². The first-order chi connectivity index (χ1) is 11.0. The molecular formula is C15H19N3O5. The quantitative estimate of drug-likeness (QED) is 0.487. The van der Waals surface area contributed by atoms with Gasteiger partial charge in [-0.25, -0.2) is 4.79 Å². The number of esters is 1. The van der Waals surface area contributed by atoms with Gasteiger partial charge in [0.15, 0.2) is 0 Å². The van der Waals surface area contributed by atoms with Gasteiger partial charge in [-0.15, -0.1) is 0 Å². The van der Waals surface area contributed by atoms with Gasteiger partial charge in [0.1, 0.15) is 5.56 Å². The SMILES string of the molecule is COC(=O)c1cc(NCCC(=O)N2CCCC2)ccc1[N+](=O)[O-]. The minimum absolute atomic E-state index is 0.0881. The number of ether oxygens (including phenoxy) is 1. The molecule has 8 heteroatoms. The van der Waals surface area contributed by atoms with Gasteiger partial charge in [-0.1, -0.05) is 0 Å². The van der Waals surface area contributed by atoms with Crippen molar-refractivity contribution in [2.45, 2.75) is 19.3 Å². The molecule has 23 heavy (non-hydrogen) atoms. The lowest BCUT2D eigenvalue weighted by molar-refractivity contribution is -0.385. The molecule has 0 aliphatic carbocycles. The van der Waals surface area contributed by atoms with E-state index in [2.05, 4.69) is 10.1 Å². The van der Waals surface area contributed by atoms with Gasteiger partial charge in [-0.3, -0.25) is 14.9 Å². The smallest absolute Gasteiger partial charge is 0.344 e. The van der Waals surface area contributed by atoms with Crippen molar-refractivity contribution in [3.05, 3.63) is 33.9 Å². The molecule has 1 saturated heterocycles. The Morgan fingerprint density at radius 1 is 1.35 bits per heavy atom.